The van der Waals surface area contributed by atoms with Gasteiger partial charge in [-0.1, -0.05) is 13.8 Å². The number of aromatic nitrogens is 4. The highest BCUT2D eigenvalue weighted by molar-refractivity contribution is 5.78. The fourth-order valence-corrected chi connectivity index (χ4v) is 1.94. The number of hydrogen-bond acceptors (Lipinski definition) is 6. The molecule has 1 aromatic heterocycles. The molecule has 0 fully saturated rings. The second-order valence-electron chi connectivity index (χ2n) is 4.87. The van der Waals surface area contributed by atoms with E-state index in [1.807, 2.05) is 0 Å². The highest BCUT2D eigenvalue weighted by atomic mass is 16.5. The largest absolute Gasteiger partial charge is 0.497 e. The predicted octanol–water partition coefficient (Wildman–Crippen LogP) is 1.60. The van der Waals surface area contributed by atoms with Crippen molar-refractivity contribution in [2.24, 2.45) is 5.92 Å². The van der Waals surface area contributed by atoms with Gasteiger partial charge in [-0.05, 0) is 22.4 Å². The Labute approximate surface area is 117 Å². The Kier molecular flexibility index (Phi) is 4.07. The van der Waals surface area contributed by atoms with Gasteiger partial charge in [-0.15, -0.1) is 5.10 Å². The number of nitrogens with two attached hydrogens (primary N) is 1. The van der Waals surface area contributed by atoms with Crippen LogP contribution in [0.15, 0.2) is 12.1 Å². The molecule has 0 amide bonds. The normalized spacial score (nSPS) is 10.8. The van der Waals surface area contributed by atoms with Crippen LogP contribution in [-0.4, -0.2) is 34.4 Å². The van der Waals surface area contributed by atoms with Crippen molar-refractivity contribution in [3.63, 3.8) is 0 Å². The quantitative estimate of drug-likeness (QED) is 0.835. The minimum atomic E-state index is 0.422. The highest BCUT2D eigenvalue weighted by Crippen LogP contribution is 2.36. The molecular formula is C13H19N5O2. The van der Waals surface area contributed by atoms with Gasteiger partial charge in [0, 0.05) is 12.6 Å². The number of rotatable bonds is 5. The van der Waals surface area contributed by atoms with Crippen LogP contribution in [-0.2, 0) is 6.54 Å². The molecule has 1 heterocycles. The number of benzene rings is 1. The van der Waals surface area contributed by atoms with Crippen LogP contribution in [0.25, 0.3) is 11.4 Å². The lowest BCUT2D eigenvalue weighted by Crippen LogP contribution is -2.09. The molecule has 0 saturated heterocycles. The molecule has 2 N–H and O–H groups in total. The third kappa shape index (κ3) is 2.66. The molecule has 7 nitrogen and oxygen atoms in total. The summed E-state index contributed by atoms with van der Waals surface area (Å²) < 4.78 is 12.3. The zero-order valence-corrected chi connectivity index (χ0v) is 12.1. The van der Waals surface area contributed by atoms with E-state index in [4.69, 9.17) is 15.2 Å². The Hall–Kier alpha value is -2.31. The van der Waals surface area contributed by atoms with Crippen molar-refractivity contribution in [2.75, 3.05) is 20.0 Å². The van der Waals surface area contributed by atoms with E-state index in [0.29, 0.717) is 41.0 Å². The van der Waals surface area contributed by atoms with Gasteiger partial charge in [0.25, 0.3) is 0 Å². The molecule has 0 bridgehead atoms. The molecule has 2 aromatic rings. The minimum Gasteiger partial charge on any atom is -0.497 e. The van der Waals surface area contributed by atoms with Gasteiger partial charge in [-0.3, -0.25) is 0 Å². The zero-order chi connectivity index (χ0) is 14.7. The molecule has 0 saturated carbocycles. The van der Waals surface area contributed by atoms with Gasteiger partial charge in [0.05, 0.1) is 25.5 Å². The van der Waals surface area contributed by atoms with Crippen LogP contribution in [0.1, 0.15) is 13.8 Å². The fourth-order valence-electron chi connectivity index (χ4n) is 1.94. The molecule has 0 aliphatic carbocycles. The number of anilines is 1. The summed E-state index contributed by atoms with van der Waals surface area (Å²) in [7, 11) is 3.15. The van der Waals surface area contributed by atoms with Crippen LogP contribution >= 0.6 is 0 Å². The molecule has 0 unspecified atom stereocenters. The summed E-state index contributed by atoms with van der Waals surface area (Å²) in [6.07, 6.45) is 0. The first kappa shape index (κ1) is 14.1. The molecule has 0 radical (unpaired) electrons. The summed E-state index contributed by atoms with van der Waals surface area (Å²) in [4.78, 5) is 0. The standard InChI is InChI=1S/C13H19N5O2/c1-8(2)7-18-13(15-16-17-18)10-5-9(19-3)6-11(20-4)12(10)14/h5-6,8H,7,14H2,1-4H3. The molecular weight excluding hydrogens is 258 g/mol. The van der Waals surface area contributed by atoms with Crippen LogP contribution in [0.5, 0.6) is 11.5 Å². The maximum Gasteiger partial charge on any atom is 0.184 e. The van der Waals surface area contributed by atoms with Crippen LogP contribution < -0.4 is 15.2 Å². The lowest BCUT2D eigenvalue weighted by Gasteiger charge is -2.13. The van der Waals surface area contributed by atoms with Crippen LogP contribution in [0, 0.1) is 5.92 Å². The van der Waals surface area contributed by atoms with E-state index in [-0.39, 0.29) is 0 Å². The Bertz CT molecular complexity index is 594. The number of tetrazole rings is 1. The van der Waals surface area contributed by atoms with Gasteiger partial charge < -0.3 is 15.2 Å². The van der Waals surface area contributed by atoms with Crippen LogP contribution in [0.3, 0.4) is 0 Å². The number of hydrogen-bond donors (Lipinski definition) is 1. The van der Waals surface area contributed by atoms with Crippen molar-refractivity contribution >= 4 is 5.69 Å². The topological polar surface area (TPSA) is 88.1 Å². The molecule has 0 atom stereocenters. The SMILES string of the molecule is COc1cc(OC)c(N)c(-c2nnnn2CC(C)C)c1. The van der Waals surface area contributed by atoms with E-state index in [1.165, 1.54) is 0 Å². The number of nitrogens with zero attached hydrogens (tertiary/aromatic N) is 4. The van der Waals surface area contributed by atoms with Crippen LogP contribution in [0.2, 0.25) is 0 Å². The maximum absolute atomic E-state index is 6.12. The maximum atomic E-state index is 6.12. The molecule has 0 aliphatic rings. The number of nitrogen functional groups attached to an aromatic ring is 1. The van der Waals surface area contributed by atoms with Gasteiger partial charge in [0.2, 0.25) is 0 Å². The molecule has 0 aliphatic heterocycles. The molecule has 108 valence electrons. The van der Waals surface area contributed by atoms with Gasteiger partial charge in [-0.2, -0.15) is 0 Å². The third-order valence-corrected chi connectivity index (χ3v) is 2.88. The smallest absolute Gasteiger partial charge is 0.184 e. The average Bonchev–Trinajstić information content (AvgIpc) is 2.86. The minimum absolute atomic E-state index is 0.422. The summed E-state index contributed by atoms with van der Waals surface area (Å²) in [6.45, 7) is 4.91. The summed E-state index contributed by atoms with van der Waals surface area (Å²) in [5, 5.41) is 11.8. The monoisotopic (exact) mass is 277 g/mol. The summed E-state index contributed by atoms with van der Waals surface area (Å²) in [5.74, 6) is 2.21. The molecule has 1 aromatic carbocycles. The van der Waals surface area contributed by atoms with Gasteiger partial charge >= 0.3 is 0 Å². The average molecular weight is 277 g/mol. The van der Waals surface area contributed by atoms with Crippen molar-refractivity contribution in [2.45, 2.75) is 20.4 Å². The molecule has 0 spiro atoms. The van der Waals surface area contributed by atoms with E-state index in [1.54, 1.807) is 31.0 Å². The molecule has 20 heavy (non-hydrogen) atoms. The van der Waals surface area contributed by atoms with Gasteiger partial charge in [-0.25, -0.2) is 4.68 Å². The first-order chi connectivity index (χ1) is 9.56. The van der Waals surface area contributed by atoms with Crippen molar-refractivity contribution in [3.8, 4) is 22.9 Å². The first-order valence-electron chi connectivity index (χ1n) is 6.34. The zero-order valence-electron chi connectivity index (χ0n) is 12.1. The van der Waals surface area contributed by atoms with Gasteiger partial charge in [0.15, 0.2) is 5.82 Å². The Morgan fingerprint density at radius 2 is 2.00 bits per heavy atom. The lowest BCUT2D eigenvalue weighted by molar-refractivity contribution is 0.396. The Morgan fingerprint density at radius 3 is 2.60 bits per heavy atom. The van der Waals surface area contributed by atoms with E-state index in [2.05, 4.69) is 29.4 Å². The van der Waals surface area contributed by atoms with E-state index >= 15 is 0 Å². The van der Waals surface area contributed by atoms with Crippen molar-refractivity contribution < 1.29 is 9.47 Å². The van der Waals surface area contributed by atoms with Crippen molar-refractivity contribution in [1.29, 1.82) is 0 Å². The third-order valence-electron chi connectivity index (χ3n) is 2.88. The molecule has 7 heteroatoms. The summed E-state index contributed by atoms with van der Waals surface area (Å²) in [5.41, 5.74) is 7.31. The highest BCUT2D eigenvalue weighted by Gasteiger charge is 2.17. The van der Waals surface area contributed by atoms with E-state index < -0.39 is 0 Å². The summed E-state index contributed by atoms with van der Waals surface area (Å²) >= 11 is 0. The van der Waals surface area contributed by atoms with E-state index in [9.17, 15) is 0 Å². The molecule has 2 rings (SSSR count). The van der Waals surface area contributed by atoms with Crippen molar-refractivity contribution in [1.82, 2.24) is 20.2 Å². The number of methoxy groups -OCH3 is 2. The lowest BCUT2D eigenvalue weighted by atomic mass is 10.1. The Balaban J connectivity index is 2.54. The summed E-state index contributed by atoms with van der Waals surface area (Å²) in [6, 6.07) is 3.54. The Morgan fingerprint density at radius 1 is 1.25 bits per heavy atom. The first-order valence-corrected chi connectivity index (χ1v) is 6.34. The fraction of sp³-hybridized carbons (Fsp3) is 0.462. The van der Waals surface area contributed by atoms with E-state index in [0.717, 1.165) is 0 Å². The van der Waals surface area contributed by atoms with Gasteiger partial charge in [0.1, 0.15) is 11.5 Å². The second-order valence-corrected chi connectivity index (χ2v) is 4.87. The second kappa shape index (κ2) is 5.77. The van der Waals surface area contributed by atoms with Crippen molar-refractivity contribution in [3.05, 3.63) is 12.1 Å². The van der Waals surface area contributed by atoms with Crippen LogP contribution in [0.4, 0.5) is 5.69 Å². The predicted molar refractivity (Wildman–Crippen MR) is 75.6 cm³/mol. The number of ether oxygens (including phenoxy) is 2.